The first-order chi connectivity index (χ1) is 9.81. The summed E-state index contributed by atoms with van der Waals surface area (Å²) in [7, 11) is 0. The third-order valence-corrected chi connectivity index (χ3v) is 3.81. The third-order valence-electron chi connectivity index (χ3n) is 3.81. The molecule has 0 fully saturated rings. The molecule has 0 aromatic carbocycles. The highest BCUT2D eigenvalue weighted by atomic mass is 16.1. The fourth-order valence-corrected chi connectivity index (χ4v) is 2.78. The second-order valence-electron chi connectivity index (χ2n) is 5.14. The normalized spacial score (nSPS) is 13.9. The highest BCUT2D eigenvalue weighted by Gasteiger charge is 2.23. The quantitative estimate of drug-likeness (QED) is 0.927. The number of nitrogens with one attached hydrogen (secondary N) is 1. The molecule has 0 saturated heterocycles. The van der Waals surface area contributed by atoms with Gasteiger partial charge in [0.15, 0.2) is 0 Å². The summed E-state index contributed by atoms with van der Waals surface area (Å²) in [5.41, 5.74) is 4.26. The molecule has 0 bridgehead atoms. The van der Waals surface area contributed by atoms with Gasteiger partial charge in [0, 0.05) is 48.9 Å². The van der Waals surface area contributed by atoms with Crippen LogP contribution >= 0.6 is 0 Å². The molecule has 0 unspecified atom stereocenters. The molecule has 2 aromatic heterocycles. The molecule has 0 aliphatic carbocycles. The van der Waals surface area contributed by atoms with E-state index in [1.165, 1.54) is 5.69 Å². The summed E-state index contributed by atoms with van der Waals surface area (Å²) in [6.07, 6.45) is 6.78. The topological polar surface area (TPSA) is 46.9 Å². The Kier molecular flexibility index (Phi) is 3.54. The van der Waals surface area contributed by atoms with Gasteiger partial charge in [-0.1, -0.05) is 13.3 Å². The van der Waals surface area contributed by atoms with Crippen LogP contribution in [0.2, 0.25) is 0 Å². The van der Waals surface area contributed by atoms with Crippen LogP contribution in [-0.2, 0) is 13.0 Å². The molecular formula is C16H19N3O. The molecule has 1 aliphatic rings. The monoisotopic (exact) mass is 269 g/mol. The van der Waals surface area contributed by atoms with E-state index in [9.17, 15) is 4.79 Å². The van der Waals surface area contributed by atoms with E-state index in [4.69, 9.17) is 0 Å². The second-order valence-corrected chi connectivity index (χ2v) is 5.14. The second kappa shape index (κ2) is 5.49. The fraction of sp³-hybridized carbons (Fsp3) is 0.375. The maximum absolute atomic E-state index is 12.0. The smallest absolute Gasteiger partial charge is 0.253 e. The van der Waals surface area contributed by atoms with Crippen LogP contribution in [0.15, 0.2) is 30.6 Å². The largest absolute Gasteiger partial charge is 0.352 e. The Morgan fingerprint density at radius 3 is 2.90 bits per heavy atom. The summed E-state index contributed by atoms with van der Waals surface area (Å²) in [6, 6.07) is 6.02. The zero-order valence-electron chi connectivity index (χ0n) is 11.7. The van der Waals surface area contributed by atoms with E-state index in [0.29, 0.717) is 0 Å². The molecule has 0 radical (unpaired) electrons. The van der Waals surface area contributed by atoms with Gasteiger partial charge in [0.2, 0.25) is 0 Å². The molecule has 0 atom stereocenters. The van der Waals surface area contributed by atoms with Crippen LogP contribution < -0.4 is 5.32 Å². The van der Waals surface area contributed by atoms with Crippen molar-refractivity contribution in [3.05, 3.63) is 41.9 Å². The van der Waals surface area contributed by atoms with Gasteiger partial charge in [-0.15, -0.1) is 0 Å². The number of amides is 1. The summed E-state index contributed by atoms with van der Waals surface area (Å²) < 4.78 is 2.31. The SMILES string of the molecule is CCCCn1c(-c2ccncc2)cc2c1CCNC2=O. The van der Waals surface area contributed by atoms with Gasteiger partial charge in [-0.2, -0.15) is 0 Å². The highest BCUT2D eigenvalue weighted by molar-refractivity contribution is 5.98. The molecule has 3 rings (SSSR count). The van der Waals surface area contributed by atoms with Gasteiger partial charge in [-0.3, -0.25) is 9.78 Å². The summed E-state index contributed by atoms with van der Waals surface area (Å²) in [5, 5.41) is 2.92. The fourth-order valence-electron chi connectivity index (χ4n) is 2.78. The number of unbranched alkanes of at least 4 members (excludes halogenated alkanes) is 1. The van der Waals surface area contributed by atoms with Gasteiger partial charge >= 0.3 is 0 Å². The Morgan fingerprint density at radius 2 is 2.15 bits per heavy atom. The molecule has 4 nitrogen and oxygen atoms in total. The molecular weight excluding hydrogens is 250 g/mol. The van der Waals surface area contributed by atoms with Crippen molar-refractivity contribution in [2.45, 2.75) is 32.7 Å². The first kappa shape index (κ1) is 12.9. The number of hydrogen-bond acceptors (Lipinski definition) is 2. The highest BCUT2D eigenvalue weighted by Crippen LogP contribution is 2.28. The Morgan fingerprint density at radius 1 is 1.35 bits per heavy atom. The number of carbonyl (C=O) groups excluding carboxylic acids is 1. The minimum atomic E-state index is 0.0526. The van der Waals surface area contributed by atoms with Crippen molar-refractivity contribution < 1.29 is 4.79 Å². The molecule has 104 valence electrons. The summed E-state index contributed by atoms with van der Waals surface area (Å²) in [4.78, 5) is 16.1. The van der Waals surface area contributed by atoms with Crippen molar-refractivity contribution in [1.29, 1.82) is 0 Å². The predicted octanol–water partition coefficient (Wildman–Crippen LogP) is 2.64. The Labute approximate surface area is 118 Å². The van der Waals surface area contributed by atoms with E-state index in [1.54, 1.807) is 12.4 Å². The van der Waals surface area contributed by atoms with Crippen LogP contribution in [0.3, 0.4) is 0 Å². The van der Waals surface area contributed by atoms with Gasteiger partial charge in [0.05, 0.1) is 5.56 Å². The van der Waals surface area contributed by atoms with E-state index >= 15 is 0 Å². The van der Waals surface area contributed by atoms with Crippen molar-refractivity contribution >= 4 is 5.91 Å². The lowest BCUT2D eigenvalue weighted by molar-refractivity contribution is 0.0945. The van der Waals surface area contributed by atoms with E-state index in [1.807, 2.05) is 18.2 Å². The molecule has 1 amide bonds. The van der Waals surface area contributed by atoms with Gasteiger partial charge in [-0.25, -0.2) is 0 Å². The van der Waals surface area contributed by atoms with Crippen molar-refractivity contribution in [2.24, 2.45) is 0 Å². The molecule has 2 aromatic rings. The molecule has 1 N–H and O–H groups in total. The van der Waals surface area contributed by atoms with Crippen molar-refractivity contribution in [1.82, 2.24) is 14.9 Å². The van der Waals surface area contributed by atoms with Crippen LogP contribution in [0.1, 0.15) is 35.8 Å². The van der Waals surface area contributed by atoms with Crippen molar-refractivity contribution in [3.8, 4) is 11.3 Å². The summed E-state index contributed by atoms with van der Waals surface area (Å²) >= 11 is 0. The molecule has 20 heavy (non-hydrogen) atoms. The average molecular weight is 269 g/mol. The van der Waals surface area contributed by atoms with Crippen molar-refractivity contribution in [2.75, 3.05) is 6.54 Å². The zero-order chi connectivity index (χ0) is 13.9. The van der Waals surface area contributed by atoms with Gasteiger partial charge in [0.1, 0.15) is 0 Å². The number of hydrogen-bond donors (Lipinski definition) is 1. The van der Waals surface area contributed by atoms with Crippen LogP contribution in [0, 0.1) is 0 Å². The standard InChI is InChI=1S/C16H19N3O/c1-2-3-10-19-14-6-9-18-16(20)13(14)11-15(19)12-4-7-17-8-5-12/h4-5,7-8,11H,2-3,6,9-10H2,1H3,(H,18,20). The van der Waals surface area contributed by atoms with Crippen molar-refractivity contribution in [3.63, 3.8) is 0 Å². The molecule has 3 heterocycles. The van der Waals surface area contributed by atoms with E-state index in [2.05, 4.69) is 21.8 Å². The minimum Gasteiger partial charge on any atom is -0.352 e. The third kappa shape index (κ3) is 2.22. The number of aromatic nitrogens is 2. The molecule has 0 spiro atoms. The Hall–Kier alpha value is -2.10. The van der Waals surface area contributed by atoms with E-state index in [-0.39, 0.29) is 5.91 Å². The first-order valence-electron chi connectivity index (χ1n) is 7.22. The van der Waals surface area contributed by atoms with Gasteiger partial charge in [-0.05, 0) is 24.6 Å². The Bertz CT molecular complexity index is 616. The van der Waals surface area contributed by atoms with Crippen LogP contribution in [-0.4, -0.2) is 22.0 Å². The maximum atomic E-state index is 12.0. The van der Waals surface area contributed by atoms with E-state index in [0.717, 1.165) is 49.2 Å². The van der Waals surface area contributed by atoms with Gasteiger partial charge in [0.25, 0.3) is 5.91 Å². The lowest BCUT2D eigenvalue weighted by Gasteiger charge is -2.17. The average Bonchev–Trinajstić information content (AvgIpc) is 2.86. The number of nitrogens with zero attached hydrogens (tertiary/aromatic N) is 2. The lowest BCUT2D eigenvalue weighted by atomic mass is 10.1. The summed E-state index contributed by atoms with van der Waals surface area (Å²) in [5.74, 6) is 0.0526. The number of rotatable bonds is 4. The minimum absolute atomic E-state index is 0.0526. The summed E-state index contributed by atoms with van der Waals surface area (Å²) in [6.45, 7) is 3.89. The molecule has 0 saturated carbocycles. The number of carbonyl (C=O) groups is 1. The van der Waals surface area contributed by atoms with Crippen LogP contribution in [0.25, 0.3) is 11.3 Å². The maximum Gasteiger partial charge on any atom is 0.253 e. The van der Waals surface area contributed by atoms with Crippen LogP contribution in [0.4, 0.5) is 0 Å². The lowest BCUT2D eigenvalue weighted by Crippen LogP contribution is -2.32. The van der Waals surface area contributed by atoms with Crippen LogP contribution in [0.5, 0.6) is 0 Å². The predicted molar refractivity (Wildman–Crippen MR) is 78.6 cm³/mol. The van der Waals surface area contributed by atoms with Gasteiger partial charge < -0.3 is 9.88 Å². The molecule has 4 heteroatoms. The first-order valence-corrected chi connectivity index (χ1v) is 7.22. The van der Waals surface area contributed by atoms with E-state index < -0.39 is 0 Å². The zero-order valence-corrected chi connectivity index (χ0v) is 11.7. The Balaban J connectivity index is 2.10. The number of pyridine rings is 1. The number of fused-ring (bicyclic) bond motifs is 1. The molecule has 1 aliphatic heterocycles.